The van der Waals surface area contributed by atoms with E-state index in [0.717, 1.165) is 25.0 Å². The summed E-state index contributed by atoms with van der Waals surface area (Å²) in [6.45, 7) is 2.53. The van der Waals surface area contributed by atoms with Crippen molar-refractivity contribution in [3.63, 3.8) is 0 Å². The number of hydrogen-bond donors (Lipinski definition) is 8. The summed E-state index contributed by atoms with van der Waals surface area (Å²) in [5, 5.41) is 54.1. The fourth-order valence-corrected chi connectivity index (χ4v) is 4.16. The van der Waals surface area contributed by atoms with Crippen molar-refractivity contribution >= 4 is 11.9 Å². The van der Waals surface area contributed by atoms with Crippen molar-refractivity contribution in [3.05, 3.63) is 11.9 Å². The standard InChI is InChI=1S/C21H38N4O8/c1-3-4-5-6-7-8-9-14-11-25(24-23-14)21(20(31)32)10-15(28)17(22-13(2)27)19(33-21)18(30)16(29)12-26/h11,15-19,23-24,26,28-30H,3-10,12H2,1-2H3,(H,22,27)(H,31,32)/t15-,16-,17+,18-,19+,21+/m0/s1. The number of aliphatic hydroxyl groups is 4. The van der Waals surface area contributed by atoms with Gasteiger partial charge in [0.2, 0.25) is 5.91 Å². The van der Waals surface area contributed by atoms with Gasteiger partial charge in [-0.3, -0.25) is 9.80 Å². The number of unbranched alkanes of at least 4 members (excludes halogenated alkanes) is 5. The van der Waals surface area contributed by atoms with E-state index in [9.17, 15) is 35.1 Å². The molecule has 2 aliphatic heterocycles. The van der Waals surface area contributed by atoms with Crippen LogP contribution in [0, 0.1) is 0 Å². The van der Waals surface area contributed by atoms with Crippen LogP contribution in [0.5, 0.6) is 0 Å². The molecule has 0 aliphatic carbocycles. The molecular formula is C21H38N4O8. The van der Waals surface area contributed by atoms with Gasteiger partial charge < -0.3 is 41.0 Å². The molecule has 2 aliphatic rings. The highest BCUT2D eigenvalue weighted by Gasteiger charge is 2.58. The number of nitrogens with one attached hydrogen (secondary N) is 3. The minimum Gasteiger partial charge on any atom is -0.478 e. The van der Waals surface area contributed by atoms with Gasteiger partial charge in [-0.15, -0.1) is 5.53 Å². The zero-order valence-corrected chi connectivity index (χ0v) is 19.2. The first-order chi connectivity index (χ1) is 15.7. The van der Waals surface area contributed by atoms with Crippen LogP contribution in [-0.4, -0.2) is 85.2 Å². The largest absolute Gasteiger partial charge is 0.478 e. The lowest BCUT2D eigenvalue weighted by atomic mass is 9.87. The first kappa shape index (κ1) is 27.3. The molecule has 33 heavy (non-hydrogen) atoms. The van der Waals surface area contributed by atoms with Crippen LogP contribution in [0.2, 0.25) is 0 Å². The summed E-state index contributed by atoms with van der Waals surface area (Å²) >= 11 is 0. The highest BCUT2D eigenvalue weighted by molar-refractivity contribution is 5.78. The lowest BCUT2D eigenvalue weighted by Crippen LogP contribution is -2.72. The van der Waals surface area contributed by atoms with E-state index in [1.54, 1.807) is 0 Å². The predicted octanol–water partition coefficient (Wildman–Crippen LogP) is -0.947. The van der Waals surface area contributed by atoms with E-state index in [0.29, 0.717) is 6.42 Å². The number of carboxylic acids is 1. The molecule has 0 aromatic heterocycles. The van der Waals surface area contributed by atoms with Crippen LogP contribution in [0.3, 0.4) is 0 Å². The molecule has 190 valence electrons. The Labute approximate surface area is 193 Å². The maximum absolute atomic E-state index is 12.4. The van der Waals surface area contributed by atoms with E-state index >= 15 is 0 Å². The highest BCUT2D eigenvalue weighted by Crippen LogP contribution is 2.35. The van der Waals surface area contributed by atoms with Crippen LogP contribution in [-0.2, 0) is 14.3 Å². The summed E-state index contributed by atoms with van der Waals surface area (Å²) in [6.07, 6.45) is 2.02. The molecule has 6 atom stereocenters. The molecule has 2 rings (SSSR count). The summed E-state index contributed by atoms with van der Waals surface area (Å²) in [7, 11) is 0. The Morgan fingerprint density at radius 2 is 1.94 bits per heavy atom. The zero-order chi connectivity index (χ0) is 24.6. The Bertz CT molecular complexity index is 693. The first-order valence-corrected chi connectivity index (χ1v) is 11.5. The van der Waals surface area contributed by atoms with Crippen molar-refractivity contribution in [3.8, 4) is 0 Å². The molecule has 0 aromatic carbocycles. The number of amides is 1. The van der Waals surface area contributed by atoms with Crippen molar-refractivity contribution < 1.29 is 39.9 Å². The zero-order valence-electron chi connectivity index (χ0n) is 19.2. The number of rotatable bonds is 13. The number of ether oxygens (including phenoxy) is 1. The quantitative estimate of drug-likeness (QED) is 0.154. The van der Waals surface area contributed by atoms with E-state index in [4.69, 9.17) is 4.74 Å². The number of nitrogens with zero attached hydrogens (tertiary/aromatic N) is 1. The van der Waals surface area contributed by atoms with Gasteiger partial charge in [0.05, 0.1) is 18.8 Å². The van der Waals surface area contributed by atoms with E-state index < -0.39 is 61.1 Å². The smallest absolute Gasteiger partial charge is 0.359 e. The van der Waals surface area contributed by atoms with Crippen LogP contribution in [0.25, 0.3) is 0 Å². The Morgan fingerprint density at radius 1 is 1.27 bits per heavy atom. The number of allylic oxidation sites excluding steroid dienone is 1. The van der Waals surface area contributed by atoms with Gasteiger partial charge in [-0.25, -0.2) is 4.79 Å². The van der Waals surface area contributed by atoms with E-state index in [1.165, 1.54) is 37.4 Å². The van der Waals surface area contributed by atoms with Gasteiger partial charge in [0.15, 0.2) is 0 Å². The van der Waals surface area contributed by atoms with Crippen LogP contribution in [0.4, 0.5) is 0 Å². The molecule has 1 saturated heterocycles. The Morgan fingerprint density at radius 3 is 2.55 bits per heavy atom. The van der Waals surface area contributed by atoms with Crippen molar-refractivity contribution in [2.24, 2.45) is 0 Å². The monoisotopic (exact) mass is 474 g/mol. The van der Waals surface area contributed by atoms with Crippen molar-refractivity contribution in [1.29, 1.82) is 0 Å². The molecule has 0 radical (unpaired) electrons. The molecule has 8 N–H and O–H groups in total. The van der Waals surface area contributed by atoms with Gasteiger partial charge in [0.25, 0.3) is 5.72 Å². The number of carboxylic acid groups (broad SMARTS) is 1. The van der Waals surface area contributed by atoms with Crippen LogP contribution >= 0.6 is 0 Å². The van der Waals surface area contributed by atoms with E-state index in [-0.39, 0.29) is 0 Å². The number of hydrazine groups is 2. The maximum Gasteiger partial charge on any atom is 0.359 e. The summed E-state index contributed by atoms with van der Waals surface area (Å²) < 4.78 is 5.79. The molecular weight excluding hydrogens is 436 g/mol. The van der Waals surface area contributed by atoms with Gasteiger partial charge >= 0.3 is 5.97 Å². The van der Waals surface area contributed by atoms with E-state index in [2.05, 4.69) is 23.2 Å². The van der Waals surface area contributed by atoms with Gasteiger partial charge in [-0.05, 0) is 12.8 Å². The molecule has 0 spiro atoms. The van der Waals surface area contributed by atoms with Gasteiger partial charge in [-0.2, -0.15) is 0 Å². The molecule has 12 nitrogen and oxygen atoms in total. The Hall–Kier alpha value is -1.96. The molecule has 12 heteroatoms. The van der Waals surface area contributed by atoms with Crippen molar-refractivity contribution in [1.82, 2.24) is 21.3 Å². The van der Waals surface area contributed by atoms with Crippen molar-refractivity contribution in [2.75, 3.05) is 6.61 Å². The maximum atomic E-state index is 12.4. The third kappa shape index (κ3) is 6.78. The van der Waals surface area contributed by atoms with Crippen LogP contribution < -0.4 is 16.3 Å². The van der Waals surface area contributed by atoms with Crippen molar-refractivity contribution in [2.45, 2.75) is 101 Å². The molecule has 1 amide bonds. The minimum absolute atomic E-state index is 0.443. The fraction of sp³-hybridized carbons (Fsp3) is 0.810. The topological polar surface area (TPSA) is 184 Å². The third-order valence-electron chi connectivity index (χ3n) is 6.02. The third-order valence-corrected chi connectivity index (χ3v) is 6.02. The minimum atomic E-state index is -2.15. The normalized spacial score (nSPS) is 29.2. The number of aliphatic carboxylic acids is 1. The second-order valence-corrected chi connectivity index (χ2v) is 8.69. The number of hydrogen-bond acceptors (Lipinski definition) is 10. The summed E-state index contributed by atoms with van der Waals surface area (Å²) in [5.74, 6) is -1.98. The first-order valence-electron chi connectivity index (χ1n) is 11.5. The predicted molar refractivity (Wildman–Crippen MR) is 117 cm³/mol. The lowest BCUT2D eigenvalue weighted by molar-refractivity contribution is -0.269. The number of aliphatic hydroxyl groups excluding tert-OH is 4. The van der Waals surface area contributed by atoms with Crippen LogP contribution in [0.15, 0.2) is 11.9 Å². The Balaban J connectivity index is 2.19. The SMILES string of the molecule is CCCCCCCCC1=CN([C@]2(C(=O)O)C[C@H](O)[C@@H](NC(C)=O)[C@H]([C@@H](O)[C@@H](O)CO)O2)NN1. The highest BCUT2D eigenvalue weighted by atomic mass is 16.6. The molecule has 0 unspecified atom stereocenters. The number of carbonyl (C=O) groups is 2. The summed E-state index contributed by atoms with van der Waals surface area (Å²) in [5.41, 5.74) is 4.23. The van der Waals surface area contributed by atoms with Gasteiger partial charge in [0, 0.05) is 25.2 Å². The van der Waals surface area contributed by atoms with Crippen LogP contribution in [0.1, 0.15) is 65.2 Å². The molecule has 2 heterocycles. The van der Waals surface area contributed by atoms with E-state index in [1.807, 2.05) is 0 Å². The fourth-order valence-electron chi connectivity index (χ4n) is 4.16. The average Bonchev–Trinajstić information content (AvgIpc) is 3.25. The summed E-state index contributed by atoms with van der Waals surface area (Å²) in [4.78, 5) is 24.0. The molecule has 1 fully saturated rings. The molecule has 0 saturated carbocycles. The Kier molecular flexibility index (Phi) is 10.3. The second-order valence-electron chi connectivity index (χ2n) is 8.69. The van der Waals surface area contributed by atoms with Gasteiger partial charge in [-0.1, -0.05) is 39.0 Å². The van der Waals surface area contributed by atoms with Gasteiger partial charge in [0.1, 0.15) is 18.3 Å². The molecule has 0 aromatic rings. The molecule has 0 bridgehead atoms. The lowest BCUT2D eigenvalue weighted by Gasteiger charge is -2.49. The second kappa shape index (κ2) is 12.5. The number of carbonyl (C=O) groups excluding carboxylic acids is 1. The average molecular weight is 475 g/mol. The summed E-state index contributed by atoms with van der Waals surface area (Å²) in [6, 6.07) is -1.20.